The molecule has 5 saturated heterocycles. The van der Waals surface area contributed by atoms with Crippen molar-refractivity contribution in [3.05, 3.63) is 13.6 Å². The van der Waals surface area contributed by atoms with Gasteiger partial charge in [-0.25, -0.2) is 0 Å². The fraction of sp³-hybridized carbons (Fsp3) is 0.970. The van der Waals surface area contributed by atoms with Crippen LogP contribution in [0.25, 0.3) is 6.15 Å². The summed E-state index contributed by atoms with van der Waals surface area (Å²) in [5.41, 5.74) is 0. The average molecular weight is 647 g/mol. The van der Waals surface area contributed by atoms with Gasteiger partial charge in [0.2, 0.25) is 0 Å². The Hall–Kier alpha value is 0.159. The summed E-state index contributed by atoms with van der Waals surface area (Å²) in [5.74, 6) is 5.97. The molecule has 4 aliphatic carbocycles. The third-order valence-electron chi connectivity index (χ3n) is 13.8. The van der Waals surface area contributed by atoms with Crippen molar-refractivity contribution >= 4 is 0 Å². The molecule has 9 aliphatic rings. The summed E-state index contributed by atoms with van der Waals surface area (Å²) in [6.45, 7) is 0. The molecule has 1 radical (unpaired) electrons. The van der Waals surface area contributed by atoms with Crippen LogP contribution in [0.15, 0.2) is 0 Å². The van der Waals surface area contributed by atoms with Gasteiger partial charge in [-0.2, -0.15) is 0 Å². The Morgan fingerprint density at radius 3 is 0.488 bits per heavy atom. The summed E-state index contributed by atoms with van der Waals surface area (Å²) in [5, 5.41) is 33.8. The molecule has 8 bridgehead atoms. The molecule has 5 heterocycles. The SMILES string of the molecule is C1CCC2C3NC(NC4NC(NC5NC(NC6NC(N3)C3CCCCC63)C3CCCCC53)C3CCCCC43)C2C1.[CH3-].[Cu+2].[NH2-]. The smallest absolute Gasteiger partial charge is 0.693 e. The first-order valence-corrected chi connectivity index (χ1v) is 17.9. The quantitative estimate of drug-likeness (QED) is 0.148. The fourth-order valence-electron chi connectivity index (χ4n) is 12.0. The molecule has 0 spiro atoms. The van der Waals surface area contributed by atoms with Gasteiger partial charge in [0.1, 0.15) is 0 Å². The van der Waals surface area contributed by atoms with E-state index in [4.69, 9.17) is 0 Å². The van der Waals surface area contributed by atoms with Crippen molar-refractivity contribution in [1.82, 2.24) is 42.5 Å². The van der Waals surface area contributed by atoms with Gasteiger partial charge in [0.15, 0.2) is 0 Å². The molecule has 4 saturated carbocycles. The summed E-state index contributed by atoms with van der Waals surface area (Å²) >= 11 is 0. The van der Waals surface area contributed by atoms with E-state index in [0.717, 1.165) is 47.3 Å². The Morgan fingerprint density at radius 2 is 0.372 bits per heavy atom. The van der Waals surface area contributed by atoms with E-state index in [9.17, 15) is 0 Å². The molecule has 0 aromatic rings. The van der Waals surface area contributed by atoms with Gasteiger partial charge in [-0.05, 0) is 98.7 Å². The first kappa shape index (κ1) is 33.1. The number of nitrogens with one attached hydrogen (secondary N) is 8. The van der Waals surface area contributed by atoms with E-state index in [1.165, 1.54) is 103 Å². The molecular formula is C33H61CuN9. The Labute approximate surface area is 272 Å². The van der Waals surface area contributed by atoms with Gasteiger partial charge in [-0.15, -0.1) is 0 Å². The van der Waals surface area contributed by atoms with Gasteiger partial charge in [0.05, 0.1) is 49.3 Å². The van der Waals surface area contributed by atoms with Crippen molar-refractivity contribution in [3.8, 4) is 0 Å². The van der Waals surface area contributed by atoms with E-state index in [1.54, 1.807) is 0 Å². The summed E-state index contributed by atoms with van der Waals surface area (Å²) in [7, 11) is 0. The molecule has 8 atom stereocenters. The summed E-state index contributed by atoms with van der Waals surface area (Å²) in [6.07, 6.45) is 25.6. The van der Waals surface area contributed by atoms with Crippen molar-refractivity contribution in [2.24, 2.45) is 47.3 Å². The minimum absolute atomic E-state index is 0. The molecule has 5 aliphatic heterocycles. The Morgan fingerprint density at radius 1 is 0.256 bits per heavy atom. The maximum atomic E-state index is 4.26. The van der Waals surface area contributed by atoms with Crippen LogP contribution < -0.4 is 42.5 Å². The van der Waals surface area contributed by atoms with Crippen molar-refractivity contribution < 1.29 is 17.1 Å². The second kappa shape index (κ2) is 13.7. The van der Waals surface area contributed by atoms with Crippen LogP contribution in [0.2, 0.25) is 0 Å². The molecule has 0 aromatic carbocycles. The Balaban J connectivity index is 0.00000110. The maximum Gasteiger partial charge on any atom is 2.00 e. The molecule has 8 unspecified atom stereocenters. The number of rotatable bonds is 0. The zero-order valence-corrected chi connectivity index (χ0v) is 27.4. The topological polar surface area (TPSA) is 130 Å². The predicted molar refractivity (Wildman–Crippen MR) is 169 cm³/mol. The summed E-state index contributed by atoms with van der Waals surface area (Å²) in [6, 6.07) is 0. The van der Waals surface area contributed by atoms with E-state index in [-0.39, 0.29) is 30.6 Å². The normalized spacial score (nSPS) is 53.6. The van der Waals surface area contributed by atoms with Gasteiger partial charge in [0, 0.05) is 0 Å². The predicted octanol–water partition coefficient (Wildman–Crippen LogP) is 3.77. The van der Waals surface area contributed by atoms with Gasteiger partial charge < -0.3 is 13.6 Å². The van der Waals surface area contributed by atoms with Crippen LogP contribution in [0.4, 0.5) is 0 Å². The molecule has 9 fully saturated rings. The molecule has 9 nitrogen and oxygen atoms in total. The largest absolute Gasteiger partial charge is 2.00 e. The first-order chi connectivity index (χ1) is 19.8. The molecule has 10 N–H and O–H groups in total. The second-order valence-corrected chi connectivity index (χ2v) is 15.6. The average Bonchev–Trinajstić information content (AvgIpc) is 3.73. The Kier molecular flexibility index (Phi) is 10.6. The Bertz CT molecular complexity index is 719. The van der Waals surface area contributed by atoms with Crippen LogP contribution in [0.5, 0.6) is 0 Å². The fourth-order valence-corrected chi connectivity index (χ4v) is 12.0. The van der Waals surface area contributed by atoms with Crippen LogP contribution in [-0.2, 0) is 17.1 Å². The van der Waals surface area contributed by atoms with Crippen molar-refractivity contribution in [1.29, 1.82) is 0 Å². The standard InChI is InChI=1S/C32H56N8.CH3.Cu.H2N/c1-2-10-18-17(9-1)25-33-26(18)38-28-21-13-5-6-14-22(21)30(35-28)40-32-24-16-8-7-15-23(24)31(36-32)39-29-20-12-4-3-11-19(20)27(34-29)37-25;;;/h17-40H,1-16H2;1H3;;1H2/q;-1;+2;-1. The van der Waals surface area contributed by atoms with Crippen molar-refractivity contribution in [2.75, 3.05) is 0 Å². The van der Waals surface area contributed by atoms with Crippen LogP contribution in [0.3, 0.4) is 0 Å². The van der Waals surface area contributed by atoms with E-state index < -0.39 is 0 Å². The molecule has 43 heavy (non-hydrogen) atoms. The zero-order chi connectivity index (χ0) is 26.2. The third kappa shape index (κ3) is 5.81. The van der Waals surface area contributed by atoms with Crippen LogP contribution in [0.1, 0.15) is 103 Å². The van der Waals surface area contributed by atoms with Gasteiger partial charge in [-0.3, -0.25) is 42.5 Å². The van der Waals surface area contributed by atoms with Crippen molar-refractivity contribution in [2.45, 2.75) is 152 Å². The minimum Gasteiger partial charge on any atom is -0.693 e. The number of hydrogen-bond donors (Lipinski definition) is 8. The second-order valence-electron chi connectivity index (χ2n) is 15.6. The van der Waals surface area contributed by atoms with Crippen LogP contribution in [-0.4, -0.2) is 49.3 Å². The molecule has 249 valence electrons. The molecule has 0 aromatic heterocycles. The van der Waals surface area contributed by atoms with E-state index in [2.05, 4.69) is 42.5 Å². The van der Waals surface area contributed by atoms with E-state index in [1.807, 2.05) is 0 Å². The summed E-state index contributed by atoms with van der Waals surface area (Å²) in [4.78, 5) is 0. The number of fused-ring (bicyclic) bond motifs is 20. The van der Waals surface area contributed by atoms with E-state index in [0.29, 0.717) is 49.3 Å². The first-order valence-electron chi connectivity index (χ1n) is 17.9. The third-order valence-corrected chi connectivity index (χ3v) is 13.8. The minimum atomic E-state index is 0. The molecule has 0 amide bonds. The molecular weight excluding hydrogens is 586 g/mol. The zero-order valence-electron chi connectivity index (χ0n) is 26.4. The number of nitrogens with two attached hydrogens (primary N) is 1. The van der Waals surface area contributed by atoms with Crippen LogP contribution in [0, 0.1) is 54.8 Å². The van der Waals surface area contributed by atoms with Gasteiger partial charge in [0.25, 0.3) is 0 Å². The monoisotopic (exact) mass is 646 g/mol. The number of hydrogen-bond acceptors (Lipinski definition) is 8. The molecule has 9 rings (SSSR count). The maximum absolute atomic E-state index is 4.26. The van der Waals surface area contributed by atoms with Gasteiger partial charge in [-0.1, -0.05) is 51.4 Å². The van der Waals surface area contributed by atoms with E-state index >= 15 is 0 Å². The summed E-state index contributed by atoms with van der Waals surface area (Å²) < 4.78 is 0. The molecule has 10 heteroatoms. The van der Waals surface area contributed by atoms with Crippen LogP contribution >= 0.6 is 0 Å². The van der Waals surface area contributed by atoms with Gasteiger partial charge >= 0.3 is 17.1 Å². The van der Waals surface area contributed by atoms with Crippen molar-refractivity contribution in [3.63, 3.8) is 0 Å².